The van der Waals surface area contributed by atoms with Crippen molar-refractivity contribution in [3.8, 4) is 17.2 Å². The minimum Gasteiger partial charge on any atom is -0.395 e. The van der Waals surface area contributed by atoms with Crippen LogP contribution in [0.3, 0.4) is 0 Å². The average molecular weight is 656 g/mol. The van der Waals surface area contributed by atoms with Gasteiger partial charge in [-0.1, -0.05) is 68.8 Å². The molecule has 1 saturated heterocycles. The Bertz CT molecular complexity index is 1840. The summed E-state index contributed by atoms with van der Waals surface area (Å²) in [6.07, 6.45) is 0.870. The molecule has 0 bridgehead atoms. The number of anilines is 2. The number of nitrogens with one attached hydrogen (secondary N) is 3. The summed E-state index contributed by atoms with van der Waals surface area (Å²) in [5.74, 6) is -0.346. The Labute approximate surface area is 278 Å². The number of urea groups is 1. The lowest BCUT2D eigenvalue weighted by molar-refractivity contribution is -0.286. The highest BCUT2D eigenvalue weighted by Crippen LogP contribution is 2.42. The van der Waals surface area contributed by atoms with E-state index in [4.69, 9.17) is 5.10 Å². The molecule has 6 rings (SSSR count). The molecule has 48 heavy (non-hydrogen) atoms. The number of aryl methyl sites for hydroxylation is 1. The second-order valence-electron chi connectivity index (χ2n) is 13.3. The molecule has 2 aliphatic heterocycles. The van der Waals surface area contributed by atoms with Gasteiger partial charge in [0.2, 0.25) is 0 Å². The number of ether oxygens (including phenoxy) is 2. The Morgan fingerprint density at radius 2 is 1.69 bits per heavy atom. The summed E-state index contributed by atoms with van der Waals surface area (Å²) >= 11 is 0. The summed E-state index contributed by atoms with van der Waals surface area (Å²) in [6.45, 7) is 9.73. The number of piperidine rings is 1. The van der Waals surface area contributed by atoms with E-state index in [0.29, 0.717) is 22.6 Å². The van der Waals surface area contributed by atoms with Gasteiger partial charge in [0.05, 0.1) is 17.3 Å². The average Bonchev–Trinajstić information content (AvgIpc) is 3.61. The summed E-state index contributed by atoms with van der Waals surface area (Å²) in [5, 5.41) is 14.1. The Morgan fingerprint density at radius 1 is 0.979 bits per heavy atom. The molecule has 11 heteroatoms. The van der Waals surface area contributed by atoms with Gasteiger partial charge >= 0.3 is 12.3 Å². The lowest BCUT2D eigenvalue weighted by atomic mass is 9.77. The van der Waals surface area contributed by atoms with Crippen molar-refractivity contribution >= 4 is 29.4 Å². The Balaban J connectivity index is 1.26. The van der Waals surface area contributed by atoms with E-state index in [1.54, 1.807) is 22.9 Å². The van der Waals surface area contributed by atoms with Crippen LogP contribution in [0.2, 0.25) is 0 Å². The number of nitrogens with zero attached hydrogens (tertiary/aromatic N) is 2. The Morgan fingerprint density at radius 3 is 2.42 bits per heavy atom. The number of carbonyl (C=O) groups excluding carboxylic acids is 2. The van der Waals surface area contributed by atoms with Gasteiger partial charge in [-0.2, -0.15) is 5.10 Å². The van der Waals surface area contributed by atoms with E-state index >= 15 is 0 Å². The molecule has 3 aromatic carbocycles. The second kappa shape index (κ2) is 13.2. The minimum absolute atomic E-state index is 0.0159. The lowest BCUT2D eigenvalue weighted by Gasteiger charge is -2.30. The number of hydrogen-bond donors (Lipinski definition) is 3. The van der Waals surface area contributed by atoms with Crippen LogP contribution in [-0.4, -0.2) is 41.0 Å². The van der Waals surface area contributed by atoms with Crippen LogP contribution in [0.25, 0.3) is 11.8 Å². The van der Waals surface area contributed by atoms with Gasteiger partial charge < -0.3 is 20.1 Å². The number of ketones is 1. The molecule has 0 saturated carbocycles. The van der Waals surface area contributed by atoms with Crippen LogP contribution in [0.4, 0.5) is 25.1 Å². The molecule has 0 radical (unpaired) electrons. The first-order chi connectivity index (χ1) is 22.9. The quantitative estimate of drug-likeness (QED) is 0.167. The number of fused-ring (bicyclic) bond motifs is 1. The molecule has 1 atom stereocenters. The topological polar surface area (TPSA) is 107 Å². The monoisotopic (exact) mass is 655 g/mol. The third-order valence-corrected chi connectivity index (χ3v) is 8.57. The van der Waals surface area contributed by atoms with Gasteiger partial charge in [0.1, 0.15) is 5.82 Å². The molecule has 3 N–H and O–H groups in total. The summed E-state index contributed by atoms with van der Waals surface area (Å²) in [4.78, 5) is 27.6. The number of para-hydroxylation sites is 1. The van der Waals surface area contributed by atoms with Crippen LogP contribution < -0.4 is 25.4 Å². The van der Waals surface area contributed by atoms with Crippen molar-refractivity contribution in [3.63, 3.8) is 0 Å². The summed E-state index contributed by atoms with van der Waals surface area (Å²) in [7, 11) is 0. The number of allylic oxidation sites excluding steroid dienone is 1. The number of aromatic nitrogens is 2. The van der Waals surface area contributed by atoms with E-state index < -0.39 is 18.2 Å². The van der Waals surface area contributed by atoms with Crippen molar-refractivity contribution in [2.75, 3.05) is 23.7 Å². The first kappa shape index (κ1) is 32.9. The van der Waals surface area contributed by atoms with Gasteiger partial charge in [0.25, 0.3) is 0 Å². The number of amides is 2. The fourth-order valence-electron chi connectivity index (χ4n) is 6.04. The Hall–Kier alpha value is -5.03. The fourth-order valence-corrected chi connectivity index (χ4v) is 6.04. The summed E-state index contributed by atoms with van der Waals surface area (Å²) in [6, 6.07) is 21.0. The van der Waals surface area contributed by atoms with E-state index in [-0.39, 0.29) is 28.6 Å². The standard InChI is InChI=1S/C37H39F2N5O4/c1-23-9-13-26(14-10-23)44-33(22-32(43-44)36(2,3)4)42-35(46)41-28-8-6-5-7-27(28)34(25-17-19-40-20-18-25)29(45)15-11-24-12-16-30-31(21-24)48-37(38,39)47-30/h5-16,21-22,25,34,40H,17-20H2,1-4H3,(H2,41,42,46). The van der Waals surface area contributed by atoms with E-state index in [2.05, 4.69) is 46.2 Å². The van der Waals surface area contributed by atoms with Crippen LogP contribution in [0.5, 0.6) is 11.5 Å². The third kappa shape index (κ3) is 7.41. The highest BCUT2D eigenvalue weighted by molar-refractivity contribution is 6.03. The lowest BCUT2D eigenvalue weighted by Crippen LogP contribution is -2.33. The summed E-state index contributed by atoms with van der Waals surface area (Å²) in [5.41, 5.74) is 4.21. The minimum atomic E-state index is -3.72. The van der Waals surface area contributed by atoms with Gasteiger partial charge in [0, 0.05) is 17.2 Å². The van der Waals surface area contributed by atoms with E-state index in [9.17, 15) is 18.4 Å². The van der Waals surface area contributed by atoms with Crippen molar-refractivity contribution in [1.82, 2.24) is 15.1 Å². The number of carbonyl (C=O) groups is 2. The highest BCUT2D eigenvalue weighted by Gasteiger charge is 2.43. The third-order valence-electron chi connectivity index (χ3n) is 8.57. The SMILES string of the molecule is Cc1ccc(-n2nc(C(C)(C)C)cc2NC(=O)Nc2ccccc2C(C(=O)C=Cc2ccc3c(c2)OC(F)(F)O3)C2CCNCC2)cc1. The van der Waals surface area contributed by atoms with Crippen LogP contribution in [0.1, 0.15) is 61.9 Å². The van der Waals surface area contributed by atoms with Crippen molar-refractivity contribution in [1.29, 1.82) is 0 Å². The molecule has 2 aliphatic rings. The number of rotatable bonds is 8. The number of benzene rings is 3. The predicted molar refractivity (Wildman–Crippen MR) is 181 cm³/mol. The van der Waals surface area contributed by atoms with Crippen molar-refractivity contribution in [2.24, 2.45) is 5.92 Å². The zero-order chi connectivity index (χ0) is 34.1. The largest absolute Gasteiger partial charge is 0.586 e. The molecule has 0 aliphatic carbocycles. The number of hydrogen-bond acceptors (Lipinski definition) is 6. The molecule has 1 fully saturated rings. The van der Waals surface area contributed by atoms with Crippen molar-refractivity contribution in [2.45, 2.75) is 58.2 Å². The highest BCUT2D eigenvalue weighted by atomic mass is 19.3. The van der Waals surface area contributed by atoms with Crippen LogP contribution in [-0.2, 0) is 10.2 Å². The number of halogens is 2. The van der Waals surface area contributed by atoms with Crippen molar-refractivity contribution < 1.29 is 27.8 Å². The second-order valence-corrected chi connectivity index (χ2v) is 13.3. The molecule has 250 valence electrons. The molecule has 2 amide bonds. The van der Waals surface area contributed by atoms with Crippen LogP contribution in [0, 0.1) is 12.8 Å². The first-order valence-corrected chi connectivity index (χ1v) is 16.0. The number of alkyl halides is 2. The summed E-state index contributed by atoms with van der Waals surface area (Å²) < 4.78 is 37.8. The Kier molecular flexibility index (Phi) is 9.07. The van der Waals surface area contributed by atoms with Gasteiger partial charge in [-0.05, 0) is 86.3 Å². The maximum atomic E-state index is 14.0. The molecule has 9 nitrogen and oxygen atoms in total. The van der Waals surface area contributed by atoms with Crippen LogP contribution in [0.15, 0.2) is 78.9 Å². The normalized spacial score (nSPS) is 16.5. The smallest absolute Gasteiger partial charge is 0.395 e. The maximum Gasteiger partial charge on any atom is 0.586 e. The van der Waals surface area contributed by atoms with Gasteiger partial charge in [-0.3, -0.25) is 10.1 Å². The van der Waals surface area contributed by atoms with E-state index in [0.717, 1.165) is 42.9 Å². The molecular weight excluding hydrogens is 616 g/mol. The molecular formula is C37H39F2N5O4. The van der Waals surface area contributed by atoms with Crippen molar-refractivity contribution in [3.05, 3.63) is 101 Å². The van der Waals surface area contributed by atoms with Gasteiger partial charge in [0.15, 0.2) is 17.3 Å². The molecule has 3 heterocycles. The molecule has 1 unspecified atom stereocenters. The molecule has 0 spiro atoms. The van der Waals surface area contributed by atoms with E-state index in [1.165, 1.54) is 18.2 Å². The van der Waals surface area contributed by atoms with Crippen LogP contribution >= 0.6 is 0 Å². The zero-order valence-corrected chi connectivity index (χ0v) is 27.3. The molecule has 1 aromatic heterocycles. The fraction of sp³-hybridized carbons (Fsp3) is 0.324. The molecule has 4 aromatic rings. The maximum absolute atomic E-state index is 14.0. The first-order valence-electron chi connectivity index (χ1n) is 16.0. The zero-order valence-electron chi connectivity index (χ0n) is 27.3. The van der Waals surface area contributed by atoms with E-state index in [1.807, 2.05) is 55.5 Å². The van der Waals surface area contributed by atoms with Gasteiger partial charge in [-0.15, -0.1) is 8.78 Å². The predicted octanol–water partition coefficient (Wildman–Crippen LogP) is 7.81. The van der Waals surface area contributed by atoms with Gasteiger partial charge in [-0.25, -0.2) is 9.48 Å².